The molecule has 0 radical (unpaired) electrons. The number of nitrogens with zero attached hydrogens (tertiary/aromatic N) is 1. The summed E-state index contributed by atoms with van der Waals surface area (Å²) in [5, 5.41) is 9.71. The van der Waals surface area contributed by atoms with Crippen LogP contribution in [0, 0.1) is 11.8 Å². The molecule has 2 fully saturated rings. The zero-order valence-electron chi connectivity index (χ0n) is 12.9. The van der Waals surface area contributed by atoms with Crippen LogP contribution in [0.2, 0.25) is 0 Å². The minimum atomic E-state index is -0.262. The Kier molecular flexibility index (Phi) is 4.07. The van der Waals surface area contributed by atoms with Gasteiger partial charge in [-0.05, 0) is 36.8 Å². The molecule has 3 rings (SSSR count). The van der Waals surface area contributed by atoms with E-state index in [-0.39, 0.29) is 17.9 Å². The van der Waals surface area contributed by atoms with Gasteiger partial charge in [0.2, 0.25) is 5.91 Å². The number of aliphatic hydroxyl groups excluding tert-OH is 1. The molecule has 0 spiro atoms. The molecule has 4 heteroatoms. The van der Waals surface area contributed by atoms with Gasteiger partial charge < -0.3 is 14.4 Å². The number of aryl methyl sites for hydroxylation is 1. The van der Waals surface area contributed by atoms with Crippen molar-refractivity contribution < 1.29 is 14.3 Å². The number of furan rings is 1. The highest BCUT2D eigenvalue weighted by atomic mass is 16.3. The van der Waals surface area contributed by atoms with Gasteiger partial charge in [0.1, 0.15) is 11.5 Å². The molecule has 1 aromatic rings. The van der Waals surface area contributed by atoms with Crippen LogP contribution in [0.3, 0.4) is 0 Å². The van der Waals surface area contributed by atoms with Crippen LogP contribution in [0.25, 0.3) is 0 Å². The molecule has 1 N–H and O–H groups in total. The summed E-state index contributed by atoms with van der Waals surface area (Å²) in [4.78, 5) is 14.1. The minimum absolute atomic E-state index is 0.173. The third kappa shape index (κ3) is 3.31. The molecule has 1 amide bonds. The Labute approximate surface area is 126 Å². The van der Waals surface area contributed by atoms with Gasteiger partial charge in [0.05, 0.1) is 6.10 Å². The number of carbonyl (C=O) groups excluding carboxylic acids is 1. The molecule has 1 aliphatic heterocycles. The van der Waals surface area contributed by atoms with Crippen molar-refractivity contribution in [3.8, 4) is 0 Å². The second-order valence-electron chi connectivity index (χ2n) is 6.80. The van der Waals surface area contributed by atoms with Crippen molar-refractivity contribution in [3.63, 3.8) is 0 Å². The van der Waals surface area contributed by atoms with Gasteiger partial charge in [-0.3, -0.25) is 4.79 Å². The van der Waals surface area contributed by atoms with Crippen molar-refractivity contribution in [3.05, 3.63) is 23.7 Å². The van der Waals surface area contributed by atoms with E-state index in [1.165, 1.54) is 6.42 Å². The number of hydrogen-bond acceptors (Lipinski definition) is 3. The molecule has 4 nitrogen and oxygen atoms in total. The molecule has 0 bridgehead atoms. The number of rotatable bonds is 4. The second kappa shape index (κ2) is 5.84. The van der Waals surface area contributed by atoms with E-state index in [9.17, 15) is 9.90 Å². The van der Waals surface area contributed by atoms with Gasteiger partial charge in [0.15, 0.2) is 0 Å². The zero-order valence-corrected chi connectivity index (χ0v) is 12.9. The van der Waals surface area contributed by atoms with Crippen molar-refractivity contribution in [1.82, 2.24) is 4.90 Å². The molecule has 2 heterocycles. The highest BCUT2D eigenvalue weighted by molar-refractivity contribution is 5.76. The van der Waals surface area contributed by atoms with E-state index in [1.807, 2.05) is 17.9 Å². The molecular weight excluding hydrogens is 266 g/mol. The number of piperidine rings is 1. The molecule has 116 valence electrons. The third-order valence-electron chi connectivity index (χ3n) is 4.96. The number of carbonyl (C=O) groups is 1. The number of likely N-dealkylation sites (tertiary alicyclic amines) is 1. The first-order valence-corrected chi connectivity index (χ1v) is 8.09. The Morgan fingerprint density at radius 3 is 2.81 bits per heavy atom. The zero-order chi connectivity index (χ0) is 15.0. The van der Waals surface area contributed by atoms with Crippen molar-refractivity contribution in [2.24, 2.45) is 11.8 Å². The molecule has 1 saturated carbocycles. The SMILES string of the molecule is CC1CN(C(=O)CCc2ccc(C3CC3C)o2)CCC1O. The maximum Gasteiger partial charge on any atom is 0.223 e. The fraction of sp³-hybridized carbons (Fsp3) is 0.706. The van der Waals surface area contributed by atoms with Crippen LogP contribution in [0.15, 0.2) is 16.5 Å². The first-order chi connectivity index (χ1) is 10.0. The maximum absolute atomic E-state index is 12.2. The van der Waals surface area contributed by atoms with Crippen molar-refractivity contribution in [2.75, 3.05) is 13.1 Å². The predicted molar refractivity (Wildman–Crippen MR) is 79.9 cm³/mol. The smallest absolute Gasteiger partial charge is 0.223 e. The molecule has 2 aliphatic rings. The van der Waals surface area contributed by atoms with Gasteiger partial charge in [-0.25, -0.2) is 0 Å². The Morgan fingerprint density at radius 1 is 1.38 bits per heavy atom. The van der Waals surface area contributed by atoms with Gasteiger partial charge in [-0.15, -0.1) is 0 Å². The molecule has 1 aromatic heterocycles. The van der Waals surface area contributed by atoms with Crippen LogP contribution >= 0.6 is 0 Å². The fourth-order valence-corrected chi connectivity index (χ4v) is 3.19. The maximum atomic E-state index is 12.2. The molecule has 21 heavy (non-hydrogen) atoms. The fourth-order valence-electron chi connectivity index (χ4n) is 3.19. The number of aliphatic hydroxyl groups is 1. The standard InChI is InChI=1S/C17H25NO3/c1-11-9-14(11)16-5-3-13(21-16)4-6-17(20)18-8-7-15(19)12(2)10-18/h3,5,11-12,14-15,19H,4,6-10H2,1-2H3. The van der Waals surface area contributed by atoms with Gasteiger partial charge in [-0.2, -0.15) is 0 Å². The molecule has 4 atom stereocenters. The van der Waals surface area contributed by atoms with Crippen molar-refractivity contribution in [2.45, 2.75) is 51.6 Å². The van der Waals surface area contributed by atoms with Crippen LogP contribution < -0.4 is 0 Å². The molecule has 0 aromatic carbocycles. The lowest BCUT2D eigenvalue weighted by atomic mass is 9.96. The predicted octanol–water partition coefficient (Wildman–Crippen LogP) is 2.56. The first kappa shape index (κ1) is 14.6. The van der Waals surface area contributed by atoms with Crippen LogP contribution in [0.4, 0.5) is 0 Å². The van der Waals surface area contributed by atoms with Crippen molar-refractivity contribution in [1.29, 1.82) is 0 Å². The lowest BCUT2D eigenvalue weighted by molar-refractivity contribution is -0.134. The highest BCUT2D eigenvalue weighted by Gasteiger charge is 2.36. The second-order valence-corrected chi connectivity index (χ2v) is 6.80. The molecule has 4 unspecified atom stereocenters. The van der Waals surface area contributed by atoms with E-state index in [0.717, 1.165) is 17.4 Å². The molecular formula is C17H25NO3. The Hall–Kier alpha value is -1.29. The third-order valence-corrected chi connectivity index (χ3v) is 4.96. The normalized spacial score (nSPS) is 32.2. The van der Waals surface area contributed by atoms with E-state index in [2.05, 4.69) is 13.0 Å². The average Bonchev–Trinajstić information content (AvgIpc) is 3.01. The minimum Gasteiger partial charge on any atom is -0.466 e. The largest absolute Gasteiger partial charge is 0.466 e. The number of hydrogen-bond donors (Lipinski definition) is 1. The van der Waals surface area contributed by atoms with E-state index in [4.69, 9.17) is 4.42 Å². The quantitative estimate of drug-likeness (QED) is 0.927. The Balaban J connectivity index is 1.48. The Morgan fingerprint density at radius 2 is 2.14 bits per heavy atom. The van der Waals surface area contributed by atoms with Crippen LogP contribution in [-0.4, -0.2) is 35.1 Å². The summed E-state index contributed by atoms with van der Waals surface area (Å²) in [6.45, 7) is 5.58. The van der Waals surface area contributed by atoms with Gasteiger partial charge in [0.25, 0.3) is 0 Å². The van der Waals surface area contributed by atoms with Gasteiger partial charge in [0, 0.05) is 31.8 Å². The summed E-state index contributed by atoms with van der Waals surface area (Å²) in [5.74, 6) is 3.69. The lowest BCUT2D eigenvalue weighted by Gasteiger charge is -2.34. The van der Waals surface area contributed by atoms with Gasteiger partial charge in [-0.1, -0.05) is 13.8 Å². The summed E-state index contributed by atoms with van der Waals surface area (Å²) in [6, 6.07) is 4.07. The van der Waals surface area contributed by atoms with E-state index in [1.54, 1.807) is 0 Å². The molecule has 1 saturated heterocycles. The topological polar surface area (TPSA) is 53.7 Å². The summed E-state index contributed by atoms with van der Waals surface area (Å²) in [5.41, 5.74) is 0. The van der Waals surface area contributed by atoms with Crippen LogP contribution in [0.5, 0.6) is 0 Å². The van der Waals surface area contributed by atoms with E-state index < -0.39 is 0 Å². The Bertz CT molecular complexity index is 510. The van der Waals surface area contributed by atoms with E-state index in [0.29, 0.717) is 38.3 Å². The summed E-state index contributed by atoms with van der Waals surface area (Å²) in [7, 11) is 0. The summed E-state index contributed by atoms with van der Waals surface area (Å²) >= 11 is 0. The average molecular weight is 291 g/mol. The molecule has 1 aliphatic carbocycles. The first-order valence-electron chi connectivity index (χ1n) is 8.09. The number of amides is 1. The van der Waals surface area contributed by atoms with Crippen molar-refractivity contribution >= 4 is 5.91 Å². The summed E-state index contributed by atoms with van der Waals surface area (Å²) < 4.78 is 5.84. The monoisotopic (exact) mass is 291 g/mol. The lowest BCUT2D eigenvalue weighted by Crippen LogP contribution is -2.45. The van der Waals surface area contributed by atoms with Crippen LogP contribution in [-0.2, 0) is 11.2 Å². The van der Waals surface area contributed by atoms with E-state index >= 15 is 0 Å². The van der Waals surface area contributed by atoms with Crippen LogP contribution in [0.1, 0.15) is 50.5 Å². The van der Waals surface area contributed by atoms with Gasteiger partial charge >= 0.3 is 0 Å². The highest BCUT2D eigenvalue weighted by Crippen LogP contribution is 2.47. The summed E-state index contributed by atoms with van der Waals surface area (Å²) in [6.07, 6.45) is 2.82.